The van der Waals surface area contributed by atoms with Crippen molar-refractivity contribution in [3.63, 3.8) is 0 Å². The zero-order valence-electron chi connectivity index (χ0n) is 10.2. The lowest BCUT2D eigenvalue weighted by molar-refractivity contribution is -0.119. The van der Waals surface area contributed by atoms with E-state index in [0.29, 0.717) is 11.8 Å². The van der Waals surface area contributed by atoms with Crippen LogP contribution in [0, 0.1) is 5.41 Å². The van der Waals surface area contributed by atoms with Gasteiger partial charge in [-0.05, 0) is 38.1 Å². The van der Waals surface area contributed by atoms with Crippen molar-refractivity contribution in [2.24, 2.45) is 11.1 Å². The van der Waals surface area contributed by atoms with Crippen molar-refractivity contribution in [3.05, 3.63) is 0 Å². The number of hydrogen-bond acceptors (Lipinski definition) is 2. The zero-order valence-corrected chi connectivity index (χ0v) is 10.2. The predicted octanol–water partition coefficient (Wildman–Crippen LogP) is 1.81. The number of primary amides is 1. The molecule has 15 heavy (non-hydrogen) atoms. The molecule has 1 aliphatic carbocycles. The molecule has 0 aromatic rings. The lowest BCUT2D eigenvalue weighted by Crippen LogP contribution is -2.45. The minimum atomic E-state index is -0.191. The summed E-state index contributed by atoms with van der Waals surface area (Å²) >= 11 is 0. The van der Waals surface area contributed by atoms with E-state index >= 15 is 0 Å². The maximum absolute atomic E-state index is 11.1. The first-order valence-electron chi connectivity index (χ1n) is 5.86. The molecule has 1 atom stereocenters. The molecule has 3 nitrogen and oxygen atoms in total. The molecule has 0 aromatic heterocycles. The van der Waals surface area contributed by atoms with E-state index in [4.69, 9.17) is 5.73 Å². The van der Waals surface area contributed by atoms with Gasteiger partial charge in [0.1, 0.15) is 0 Å². The predicted molar refractivity (Wildman–Crippen MR) is 62.5 cm³/mol. The summed E-state index contributed by atoms with van der Waals surface area (Å²) in [6, 6.07) is 0. The Hall–Kier alpha value is -0.570. The van der Waals surface area contributed by atoms with Crippen LogP contribution >= 0.6 is 0 Å². The van der Waals surface area contributed by atoms with Crippen molar-refractivity contribution in [1.29, 1.82) is 0 Å². The fraction of sp³-hybridized carbons (Fsp3) is 0.917. The van der Waals surface area contributed by atoms with Crippen LogP contribution in [-0.4, -0.2) is 18.5 Å². The second kappa shape index (κ2) is 4.52. The normalized spacial score (nSPS) is 30.9. The van der Waals surface area contributed by atoms with Gasteiger partial charge in [0, 0.05) is 12.0 Å². The van der Waals surface area contributed by atoms with E-state index in [-0.39, 0.29) is 11.4 Å². The Morgan fingerprint density at radius 2 is 1.93 bits per heavy atom. The number of amides is 1. The average molecular weight is 212 g/mol. The summed E-state index contributed by atoms with van der Waals surface area (Å²) < 4.78 is 0. The molecule has 1 amide bonds. The minimum Gasteiger partial charge on any atom is -0.370 e. The van der Waals surface area contributed by atoms with Gasteiger partial charge in [0.2, 0.25) is 5.91 Å². The SMILES string of the molecule is CNC1(CC(N)=O)CCCC(C)(C)CC1. The number of carbonyl (C=O) groups excluding carboxylic acids is 1. The Balaban J connectivity index is 2.70. The molecule has 0 bridgehead atoms. The molecule has 88 valence electrons. The van der Waals surface area contributed by atoms with Gasteiger partial charge >= 0.3 is 0 Å². The van der Waals surface area contributed by atoms with Gasteiger partial charge in [-0.3, -0.25) is 4.79 Å². The van der Waals surface area contributed by atoms with Gasteiger partial charge < -0.3 is 11.1 Å². The van der Waals surface area contributed by atoms with Crippen molar-refractivity contribution >= 4 is 5.91 Å². The lowest BCUT2D eigenvalue weighted by atomic mass is 9.82. The van der Waals surface area contributed by atoms with Gasteiger partial charge in [0.15, 0.2) is 0 Å². The zero-order chi connectivity index (χ0) is 11.5. The molecule has 1 saturated carbocycles. The summed E-state index contributed by atoms with van der Waals surface area (Å²) in [4.78, 5) is 11.1. The van der Waals surface area contributed by atoms with Crippen molar-refractivity contribution in [1.82, 2.24) is 5.32 Å². The van der Waals surface area contributed by atoms with Crippen molar-refractivity contribution in [2.75, 3.05) is 7.05 Å². The lowest BCUT2D eigenvalue weighted by Gasteiger charge is -2.32. The molecule has 1 aliphatic rings. The highest BCUT2D eigenvalue weighted by molar-refractivity contribution is 5.75. The standard InChI is InChI=1S/C12H24N2O/c1-11(2)5-4-6-12(14-3,8-7-11)9-10(13)15/h14H,4-9H2,1-3H3,(H2,13,15). The molecule has 0 radical (unpaired) electrons. The fourth-order valence-electron chi connectivity index (χ4n) is 2.58. The maximum Gasteiger partial charge on any atom is 0.219 e. The molecular weight excluding hydrogens is 188 g/mol. The summed E-state index contributed by atoms with van der Waals surface area (Å²) in [7, 11) is 1.95. The molecule has 1 rings (SSSR count). The van der Waals surface area contributed by atoms with Crippen molar-refractivity contribution < 1.29 is 4.79 Å². The van der Waals surface area contributed by atoms with Gasteiger partial charge in [-0.2, -0.15) is 0 Å². The molecule has 1 unspecified atom stereocenters. The van der Waals surface area contributed by atoms with Gasteiger partial charge in [-0.1, -0.05) is 20.3 Å². The molecule has 0 spiro atoms. The Labute approximate surface area is 92.8 Å². The summed E-state index contributed by atoms with van der Waals surface area (Å²) in [6.45, 7) is 4.62. The van der Waals surface area contributed by atoms with E-state index < -0.39 is 0 Å². The summed E-state index contributed by atoms with van der Waals surface area (Å²) in [5.74, 6) is -0.191. The first kappa shape index (κ1) is 12.5. The van der Waals surface area contributed by atoms with Crippen LogP contribution in [0.15, 0.2) is 0 Å². The van der Waals surface area contributed by atoms with Crippen LogP contribution in [0.3, 0.4) is 0 Å². The van der Waals surface area contributed by atoms with Crippen LogP contribution in [0.1, 0.15) is 52.4 Å². The maximum atomic E-state index is 11.1. The average Bonchev–Trinajstić information content (AvgIpc) is 2.26. The number of nitrogens with one attached hydrogen (secondary N) is 1. The van der Waals surface area contributed by atoms with Gasteiger partial charge in [-0.25, -0.2) is 0 Å². The number of nitrogens with two attached hydrogens (primary N) is 1. The second-order valence-electron chi connectivity index (χ2n) is 5.69. The molecule has 0 aromatic carbocycles. The quantitative estimate of drug-likeness (QED) is 0.701. The van der Waals surface area contributed by atoms with Crippen LogP contribution in [-0.2, 0) is 4.79 Å². The molecule has 0 saturated heterocycles. The largest absolute Gasteiger partial charge is 0.370 e. The number of hydrogen-bond donors (Lipinski definition) is 2. The first-order chi connectivity index (χ1) is 6.89. The Kier molecular flexibility index (Phi) is 3.77. The third-order valence-corrected chi connectivity index (χ3v) is 3.83. The number of carbonyl (C=O) groups is 1. The third kappa shape index (κ3) is 3.49. The summed E-state index contributed by atoms with van der Waals surface area (Å²) in [5.41, 5.74) is 5.69. The Morgan fingerprint density at radius 3 is 2.47 bits per heavy atom. The van der Waals surface area contributed by atoms with E-state index in [0.717, 1.165) is 12.8 Å². The van der Waals surface area contributed by atoms with Crippen LogP contribution < -0.4 is 11.1 Å². The minimum absolute atomic E-state index is 0.0421. The molecule has 0 heterocycles. The van der Waals surface area contributed by atoms with Crippen LogP contribution in [0.25, 0.3) is 0 Å². The monoisotopic (exact) mass is 212 g/mol. The van der Waals surface area contributed by atoms with Crippen molar-refractivity contribution in [2.45, 2.75) is 57.9 Å². The molecule has 1 fully saturated rings. The summed E-state index contributed by atoms with van der Waals surface area (Å²) in [6.07, 6.45) is 6.19. The topological polar surface area (TPSA) is 55.1 Å². The third-order valence-electron chi connectivity index (χ3n) is 3.83. The van der Waals surface area contributed by atoms with Gasteiger partial charge in [0.25, 0.3) is 0 Å². The highest BCUT2D eigenvalue weighted by Crippen LogP contribution is 2.39. The molecule has 0 aliphatic heterocycles. The number of rotatable bonds is 3. The Bertz CT molecular complexity index is 238. The first-order valence-corrected chi connectivity index (χ1v) is 5.86. The van der Waals surface area contributed by atoms with Crippen molar-refractivity contribution in [3.8, 4) is 0 Å². The highest BCUT2D eigenvalue weighted by atomic mass is 16.1. The van der Waals surface area contributed by atoms with Crippen LogP contribution in [0.5, 0.6) is 0 Å². The molecular formula is C12H24N2O. The highest BCUT2D eigenvalue weighted by Gasteiger charge is 2.35. The van der Waals surface area contributed by atoms with E-state index in [9.17, 15) is 4.79 Å². The van der Waals surface area contributed by atoms with Gasteiger partial charge in [-0.15, -0.1) is 0 Å². The summed E-state index contributed by atoms with van der Waals surface area (Å²) in [5, 5.41) is 3.33. The van der Waals surface area contributed by atoms with E-state index in [1.54, 1.807) is 0 Å². The Morgan fingerprint density at radius 1 is 1.27 bits per heavy atom. The smallest absolute Gasteiger partial charge is 0.219 e. The van der Waals surface area contributed by atoms with E-state index in [1.807, 2.05) is 7.05 Å². The van der Waals surface area contributed by atoms with E-state index in [1.165, 1.54) is 19.3 Å². The fourth-order valence-corrected chi connectivity index (χ4v) is 2.58. The molecule has 3 heteroatoms. The van der Waals surface area contributed by atoms with E-state index in [2.05, 4.69) is 19.2 Å². The van der Waals surface area contributed by atoms with Crippen LogP contribution in [0.4, 0.5) is 0 Å². The molecule has 3 N–H and O–H groups in total. The van der Waals surface area contributed by atoms with Gasteiger partial charge in [0.05, 0.1) is 0 Å². The van der Waals surface area contributed by atoms with Crippen LogP contribution in [0.2, 0.25) is 0 Å². The second-order valence-corrected chi connectivity index (χ2v) is 5.69.